The Morgan fingerprint density at radius 3 is 1.90 bits per heavy atom. The zero-order valence-electron chi connectivity index (χ0n) is 23.4. The quantitative estimate of drug-likeness (QED) is 0.0708. The van der Waals surface area contributed by atoms with Gasteiger partial charge in [0.1, 0.15) is 31.0 Å². The average molecular weight is 579 g/mol. The Hall–Kier alpha value is -4.57. The summed E-state index contributed by atoms with van der Waals surface area (Å²) in [6.45, 7) is 1.66. The van der Waals surface area contributed by atoms with Crippen LogP contribution in [0, 0.1) is 11.7 Å². The van der Waals surface area contributed by atoms with E-state index in [0.717, 1.165) is 5.56 Å². The highest BCUT2D eigenvalue weighted by atomic mass is 19.1. The van der Waals surface area contributed by atoms with Gasteiger partial charge in [0.05, 0.1) is 6.61 Å². The predicted molar refractivity (Wildman–Crippen MR) is 151 cm³/mol. The summed E-state index contributed by atoms with van der Waals surface area (Å²) in [6, 6.07) is 22.2. The van der Waals surface area contributed by atoms with Crippen molar-refractivity contribution in [1.82, 2.24) is 5.01 Å². The molecule has 9 nitrogen and oxygen atoms in total. The van der Waals surface area contributed by atoms with Crippen LogP contribution in [0.4, 0.5) is 4.39 Å². The molecular formula is C32H35FN2O7. The maximum Gasteiger partial charge on any atom is 0.330 e. The van der Waals surface area contributed by atoms with Crippen LogP contribution in [0.15, 0.2) is 84.9 Å². The number of rotatable bonds is 15. The maximum atomic E-state index is 13.6. The fourth-order valence-electron chi connectivity index (χ4n) is 4.14. The largest absolute Gasteiger partial charge is 0.464 e. The molecule has 0 bridgehead atoms. The number of amides is 1. The Labute approximate surface area is 244 Å². The lowest BCUT2D eigenvalue weighted by molar-refractivity contribution is -0.164. The number of nitrogens with two attached hydrogens (primary N) is 1. The van der Waals surface area contributed by atoms with E-state index in [0.29, 0.717) is 16.1 Å². The van der Waals surface area contributed by atoms with Crippen LogP contribution in [0.2, 0.25) is 0 Å². The number of carbonyl (C=O) groups is 4. The number of hydrogen-bond acceptors (Lipinski definition) is 8. The van der Waals surface area contributed by atoms with Crippen LogP contribution in [-0.2, 0) is 53.0 Å². The molecular weight excluding hydrogens is 543 g/mol. The molecule has 0 radical (unpaired) electrons. The van der Waals surface area contributed by atoms with Crippen molar-refractivity contribution in [2.75, 3.05) is 6.61 Å². The van der Waals surface area contributed by atoms with Crippen molar-refractivity contribution in [2.45, 2.75) is 51.9 Å². The van der Waals surface area contributed by atoms with Gasteiger partial charge in [-0.05, 0) is 48.6 Å². The number of ether oxygens (including phenoxy) is 3. The molecule has 0 saturated heterocycles. The van der Waals surface area contributed by atoms with E-state index in [-0.39, 0.29) is 45.5 Å². The van der Waals surface area contributed by atoms with Crippen molar-refractivity contribution >= 4 is 23.8 Å². The van der Waals surface area contributed by atoms with E-state index >= 15 is 0 Å². The first-order valence-electron chi connectivity index (χ1n) is 13.7. The fourth-order valence-corrected chi connectivity index (χ4v) is 4.14. The molecule has 10 heteroatoms. The van der Waals surface area contributed by atoms with Gasteiger partial charge in [0.25, 0.3) is 5.91 Å². The van der Waals surface area contributed by atoms with Crippen molar-refractivity contribution in [3.05, 3.63) is 107 Å². The van der Waals surface area contributed by atoms with Gasteiger partial charge in [-0.25, -0.2) is 15.0 Å². The SMILES string of the molecule is CCOC(=O)C(Cc1ccc(F)cc1)N(N)C(=O)C(CCCC(=O)OCc1ccccc1)C(=O)OCc1ccccc1. The molecule has 0 heterocycles. The van der Waals surface area contributed by atoms with Crippen molar-refractivity contribution in [2.24, 2.45) is 11.8 Å². The van der Waals surface area contributed by atoms with Crippen molar-refractivity contribution in [1.29, 1.82) is 0 Å². The molecule has 42 heavy (non-hydrogen) atoms. The lowest BCUT2D eigenvalue weighted by Gasteiger charge is -2.28. The van der Waals surface area contributed by atoms with E-state index < -0.39 is 41.6 Å². The van der Waals surface area contributed by atoms with Crippen molar-refractivity contribution < 1.29 is 37.8 Å². The normalized spacial score (nSPS) is 12.1. The monoisotopic (exact) mass is 578 g/mol. The third-order valence-corrected chi connectivity index (χ3v) is 6.41. The second kappa shape index (κ2) is 16.6. The molecule has 2 N–H and O–H groups in total. The second-order valence-corrected chi connectivity index (χ2v) is 9.53. The first-order valence-corrected chi connectivity index (χ1v) is 13.7. The minimum absolute atomic E-state index is 0.0361. The summed E-state index contributed by atoms with van der Waals surface area (Å²) in [5, 5.41) is 0.670. The minimum atomic E-state index is -1.40. The van der Waals surface area contributed by atoms with Crippen LogP contribution < -0.4 is 5.84 Å². The predicted octanol–water partition coefficient (Wildman–Crippen LogP) is 4.28. The highest BCUT2D eigenvalue weighted by Crippen LogP contribution is 2.19. The first kappa shape index (κ1) is 32.0. The molecule has 0 aliphatic rings. The van der Waals surface area contributed by atoms with Gasteiger partial charge >= 0.3 is 17.9 Å². The van der Waals surface area contributed by atoms with E-state index in [9.17, 15) is 23.6 Å². The number of carbonyl (C=O) groups excluding carboxylic acids is 4. The maximum absolute atomic E-state index is 13.6. The van der Waals surface area contributed by atoms with Crippen LogP contribution in [0.5, 0.6) is 0 Å². The Balaban J connectivity index is 1.71. The van der Waals surface area contributed by atoms with Crippen LogP contribution >= 0.6 is 0 Å². The molecule has 222 valence electrons. The molecule has 0 saturated carbocycles. The van der Waals surface area contributed by atoms with E-state index in [1.807, 2.05) is 36.4 Å². The summed E-state index contributed by atoms with van der Waals surface area (Å²) >= 11 is 0. The molecule has 0 aliphatic carbocycles. The molecule has 0 spiro atoms. The Bertz CT molecular complexity index is 1300. The van der Waals surface area contributed by atoms with Gasteiger partial charge in [0, 0.05) is 12.8 Å². The minimum Gasteiger partial charge on any atom is -0.464 e. The topological polar surface area (TPSA) is 125 Å². The van der Waals surface area contributed by atoms with Gasteiger partial charge in [-0.2, -0.15) is 0 Å². The van der Waals surface area contributed by atoms with Crippen molar-refractivity contribution in [3.8, 4) is 0 Å². The van der Waals surface area contributed by atoms with E-state index in [1.165, 1.54) is 24.3 Å². The van der Waals surface area contributed by atoms with Gasteiger partial charge in [-0.3, -0.25) is 19.4 Å². The van der Waals surface area contributed by atoms with Crippen LogP contribution in [-0.4, -0.2) is 41.5 Å². The standard InChI is InChI=1S/C32H35FN2O7/c1-2-40-32(39)28(20-23-16-18-26(33)19-17-23)35(34)30(37)27(31(38)42-22-25-12-7-4-8-13-25)14-9-15-29(36)41-21-24-10-5-3-6-11-24/h3-8,10-13,16-19,27-28H,2,9,14-15,20-22,34H2,1H3. The number of hydrazine groups is 1. The third kappa shape index (κ3) is 10.1. The molecule has 3 aromatic rings. The lowest BCUT2D eigenvalue weighted by atomic mass is 9.98. The lowest BCUT2D eigenvalue weighted by Crippen LogP contribution is -2.54. The molecule has 3 rings (SSSR count). The first-order chi connectivity index (χ1) is 20.3. The fraction of sp³-hybridized carbons (Fsp3) is 0.312. The summed E-state index contributed by atoms with van der Waals surface area (Å²) in [5.41, 5.74) is 2.07. The number of halogens is 1. The van der Waals surface area contributed by atoms with E-state index in [4.69, 9.17) is 20.1 Å². The van der Waals surface area contributed by atoms with E-state index in [2.05, 4.69) is 0 Å². The summed E-state index contributed by atoms with van der Waals surface area (Å²) in [4.78, 5) is 51.9. The molecule has 0 aromatic heterocycles. The van der Waals surface area contributed by atoms with Crippen LogP contribution in [0.3, 0.4) is 0 Å². The summed E-state index contributed by atoms with van der Waals surface area (Å²) in [5.74, 6) is 1.32. The van der Waals surface area contributed by atoms with Gasteiger partial charge in [0.15, 0.2) is 0 Å². The van der Waals surface area contributed by atoms with Crippen molar-refractivity contribution in [3.63, 3.8) is 0 Å². The molecule has 0 fully saturated rings. The number of hydrogen-bond donors (Lipinski definition) is 1. The number of nitrogens with zero attached hydrogens (tertiary/aromatic N) is 1. The zero-order valence-corrected chi connectivity index (χ0v) is 23.4. The molecule has 2 atom stereocenters. The number of benzene rings is 3. The Morgan fingerprint density at radius 1 is 0.762 bits per heavy atom. The van der Waals surface area contributed by atoms with Gasteiger partial charge in [-0.15, -0.1) is 0 Å². The second-order valence-electron chi connectivity index (χ2n) is 9.53. The molecule has 0 aliphatic heterocycles. The number of esters is 3. The Kier molecular flexibility index (Phi) is 12.7. The average Bonchev–Trinajstić information content (AvgIpc) is 3.01. The smallest absolute Gasteiger partial charge is 0.330 e. The molecule has 1 amide bonds. The summed E-state index contributed by atoms with van der Waals surface area (Å²) < 4.78 is 29.3. The third-order valence-electron chi connectivity index (χ3n) is 6.41. The summed E-state index contributed by atoms with van der Waals surface area (Å²) in [7, 11) is 0. The Morgan fingerprint density at radius 2 is 1.33 bits per heavy atom. The highest BCUT2D eigenvalue weighted by Gasteiger charge is 2.37. The highest BCUT2D eigenvalue weighted by molar-refractivity contribution is 5.99. The van der Waals surface area contributed by atoms with E-state index in [1.54, 1.807) is 31.2 Å². The van der Waals surface area contributed by atoms with Crippen LogP contribution in [0.25, 0.3) is 0 Å². The van der Waals surface area contributed by atoms with Gasteiger partial charge in [-0.1, -0.05) is 72.8 Å². The van der Waals surface area contributed by atoms with Gasteiger partial charge < -0.3 is 14.2 Å². The summed E-state index contributed by atoms with van der Waals surface area (Å²) in [6.07, 6.45) is -0.0734. The molecule has 2 unspecified atom stereocenters. The van der Waals surface area contributed by atoms with Gasteiger partial charge in [0.2, 0.25) is 0 Å². The zero-order chi connectivity index (χ0) is 30.3. The molecule has 3 aromatic carbocycles. The van der Waals surface area contributed by atoms with Crippen LogP contribution in [0.1, 0.15) is 42.9 Å².